The molecule has 0 unspecified atom stereocenters. The third-order valence-corrected chi connectivity index (χ3v) is 12.5. The van der Waals surface area contributed by atoms with Gasteiger partial charge in [0.15, 0.2) is 10.1 Å². The first-order valence-corrected chi connectivity index (χ1v) is 24.0. The number of benzene rings is 4. The molecule has 340 valence electrons. The molecule has 0 spiro atoms. The number of aryl methyl sites for hydroxylation is 2. The van der Waals surface area contributed by atoms with Crippen molar-refractivity contribution in [2.45, 2.75) is 95.0 Å². The summed E-state index contributed by atoms with van der Waals surface area (Å²) in [6, 6.07) is 34.3. The van der Waals surface area contributed by atoms with Gasteiger partial charge in [-0.25, -0.2) is 16.8 Å². The quantitative estimate of drug-likeness (QED) is 0.0914. The number of sulfonamides is 1. The van der Waals surface area contributed by atoms with Gasteiger partial charge in [0.1, 0.15) is 23.0 Å². The molecule has 0 aliphatic heterocycles. The predicted molar refractivity (Wildman–Crippen MR) is 248 cm³/mol. The molecule has 6 aromatic rings. The molecule has 0 aliphatic carbocycles. The van der Waals surface area contributed by atoms with E-state index in [0.29, 0.717) is 0 Å². The standard InChI is InChI=1S/C23H29N3O4S.C17H20O2.C7H11ClN2O2S/c1-23(2,3)26-15-14-22(24-26)31(27,28)25(16-18-6-10-20(29-4)11-7-18)17-19-8-12-21(30-5)13-9-19;1-18-16-10-6-14(7-11-16)4-3-5-15-8-12-17(19-2)13-9-15;1-7(2,3)10-5-4-6(9-10)13(8,11)12/h6-15H,16-17H2,1-5H3;6-13H,3-5H2,1-2H3;4-5H,1-3H3. The zero-order valence-electron chi connectivity index (χ0n) is 37.8. The smallest absolute Gasteiger partial charge is 0.280 e. The molecule has 0 atom stereocenters. The van der Waals surface area contributed by atoms with Crippen LogP contribution in [0.2, 0.25) is 0 Å². The summed E-state index contributed by atoms with van der Waals surface area (Å²) in [7, 11) is 4.17. The molecule has 2 heterocycles. The van der Waals surface area contributed by atoms with Crippen LogP contribution in [0.4, 0.5) is 0 Å². The highest BCUT2D eigenvalue weighted by Gasteiger charge is 2.29. The zero-order chi connectivity index (χ0) is 46.4. The Hall–Kier alpha value is -5.35. The van der Waals surface area contributed by atoms with Gasteiger partial charge in [-0.3, -0.25) is 9.36 Å². The summed E-state index contributed by atoms with van der Waals surface area (Å²) in [6.07, 6.45) is 6.63. The van der Waals surface area contributed by atoms with Crippen LogP contribution >= 0.6 is 10.7 Å². The van der Waals surface area contributed by atoms with Gasteiger partial charge >= 0.3 is 0 Å². The van der Waals surface area contributed by atoms with Crippen LogP contribution in [0.1, 0.15) is 70.2 Å². The maximum atomic E-state index is 13.5. The number of nitrogens with zero attached hydrogens (tertiary/aromatic N) is 5. The Balaban J connectivity index is 0.000000230. The molecule has 0 amide bonds. The molecule has 4 aromatic carbocycles. The molecular weight excluding hydrogens is 862 g/mol. The van der Waals surface area contributed by atoms with Crippen molar-refractivity contribution in [2.75, 3.05) is 28.4 Å². The molecular formula is C47H60ClN5O8S2. The molecule has 0 saturated heterocycles. The number of hydrogen-bond acceptors (Lipinski definition) is 10. The molecule has 0 radical (unpaired) electrons. The third-order valence-electron chi connectivity index (χ3n) is 9.64. The van der Waals surface area contributed by atoms with Crippen molar-refractivity contribution in [2.24, 2.45) is 0 Å². The van der Waals surface area contributed by atoms with Crippen LogP contribution in [0, 0.1) is 0 Å². The SMILES string of the molecule is CC(C)(C)n1ccc(S(=O)(=O)Cl)n1.COc1ccc(CCCc2ccc(OC)cc2)cc1.COc1ccc(CN(Cc2ccc(OC)cc2)S(=O)(=O)c2ccn(C(C)(C)C)n2)cc1. The predicted octanol–water partition coefficient (Wildman–Crippen LogP) is 9.49. The van der Waals surface area contributed by atoms with Crippen molar-refractivity contribution in [3.63, 3.8) is 0 Å². The fourth-order valence-corrected chi connectivity index (χ4v) is 7.92. The van der Waals surface area contributed by atoms with E-state index in [1.54, 1.807) is 56.3 Å². The highest BCUT2D eigenvalue weighted by atomic mass is 35.7. The molecule has 2 aromatic heterocycles. The van der Waals surface area contributed by atoms with Crippen molar-refractivity contribution in [1.29, 1.82) is 0 Å². The van der Waals surface area contributed by atoms with Crippen LogP contribution < -0.4 is 18.9 Å². The number of methoxy groups -OCH3 is 4. The molecule has 0 N–H and O–H groups in total. The van der Waals surface area contributed by atoms with Crippen molar-refractivity contribution in [1.82, 2.24) is 23.9 Å². The lowest BCUT2D eigenvalue weighted by Crippen LogP contribution is -2.31. The summed E-state index contributed by atoms with van der Waals surface area (Å²) in [4.78, 5) is 0. The lowest BCUT2D eigenvalue weighted by atomic mass is 10.0. The van der Waals surface area contributed by atoms with Gasteiger partial charge in [0.05, 0.1) is 39.5 Å². The van der Waals surface area contributed by atoms with Gasteiger partial charge in [0.25, 0.3) is 19.1 Å². The van der Waals surface area contributed by atoms with Gasteiger partial charge in [0.2, 0.25) is 0 Å². The normalized spacial score (nSPS) is 11.8. The monoisotopic (exact) mass is 921 g/mol. The Kier molecular flexibility index (Phi) is 17.8. The Bertz CT molecular complexity index is 2430. The summed E-state index contributed by atoms with van der Waals surface area (Å²) in [5, 5.41) is 8.13. The van der Waals surface area contributed by atoms with Crippen LogP contribution in [0.5, 0.6) is 23.0 Å². The fourth-order valence-electron chi connectivity index (χ4n) is 5.94. The van der Waals surface area contributed by atoms with E-state index >= 15 is 0 Å². The highest BCUT2D eigenvalue weighted by Crippen LogP contribution is 2.25. The third kappa shape index (κ3) is 15.4. The molecule has 13 nitrogen and oxygen atoms in total. The Morgan fingerprint density at radius 3 is 1.06 bits per heavy atom. The number of rotatable bonds is 15. The van der Waals surface area contributed by atoms with E-state index in [0.717, 1.165) is 53.4 Å². The maximum Gasteiger partial charge on any atom is 0.280 e. The molecule has 0 bridgehead atoms. The van der Waals surface area contributed by atoms with E-state index in [9.17, 15) is 16.8 Å². The van der Waals surface area contributed by atoms with Crippen molar-refractivity contribution in [3.05, 3.63) is 144 Å². The molecule has 16 heteroatoms. The van der Waals surface area contributed by atoms with E-state index in [2.05, 4.69) is 34.5 Å². The van der Waals surface area contributed by atoms with Gasteiger partial charge in [-0.05, 0) is 144 Å². The minimum absolute atomic E-state index is 0.0319. The number of hydrogen-bond donors (Lipinski definition) is 0. The molecule has 0 fully saturated rings. The number of halogens is 1. The van der Waals surface area contributed by atoms with Crippen molar-refractivity contribution >= 4 is 29.8 Å². The minimum Gasteiger partial charge on any atom is -0.497 e. The van der Waals surface area contributed by atoms with Crippen LogP contribution in [0.15, 0.2) is 132 Å². The fraction of sp³-hybridized carbons (Fsp3) is 0.362. The summed E-state index contributed by atoms with van der Waals surface area (Å²) in [6.45, 7) is 12.1. The van der Waals surface area contributed by atoms with E-state index < -0.39 is 19.1 Å². The topological polar surface area (TPSA) is 144 Å². The first-order valence-electron chi connectivity index (χ1n) is 20.2. The van der Waals surface area contributed by atoms with E-state index in [4.69, 9.17) is 29.6 Å². The lowest BCUT2D eigenvalue weighted by Gasteiger charge is -2.22. The average Bonchev–Trinajstić information content (AvgIpc) is 3.98. The van der Waals surface area contributed by atoms with Crippen LogP contribution in [0.3, 0.4) is 0 Å². The van der Waals surface area contributed by atoms with Gasteiger partial charge in [-0.1, -0.05) is 48.5 Å². The van der Waals surface area contributed by atoms with Crippen LogP contribution in [-0.2, 0) is 56.1 Å². The largest absolute Gasteiger partial charge is 0.497 e. The van der Waals surface area contributed by atoms with Gasteiger partial charge < -0.3 is 18.9 Å². The average molecular weight is 923 g/mol. The highest BCUT2D eigenvalue weighted by molar-refractivity contribution is 8.13. The van der Waals surface area contributed by atoms with Crippen LogP contribution in [0.25, 0.3) is 0 Å². The molecule has 0 aliphatic rings. The Morgan fingerprint density at radius 1 is 0.492 bits per heavy atom. The summed E-state index contributed by atoms with van der Waals surface area (Å²) < 4.78 is 74.2. The summed E-state index contributed by atoms with van der Waals surface area (Å²) >= 11 is 0. The zero-order valence-corrected chi connectivity index (χ0v) is 40.2. The molecule has 0 saturated carbocycles. The summed E-state index contributed by atoms with van der Waals surface area (Å²) in [5.41, 5.74) is 3.87. The van der Waals surface area contributed by atoms with E-state index in [1.807, 2.05) is 114 Å². The second-order valence-corrected chi connectivity index (χ2v) is 20.9. The second kappa shape index (κ2) is 22.3. The second-order valence-electron chi connectivity index (χ2n) is 16.5. The summed E-state index contributed by atoms with van der Waals surface area (Å²) in [5.74, 6) is 3.27. The van der Waals surface area contributed by atoms with Crippen molar-refractivity contribution < 1.29 is 35.8 Å². The first-order chi connectivity index (χ1) is 29.7. The minimum atomic E-state index is -3.83. The van der Waals surface area contributed by atoms with E-state index in [-0.39, 0.29) is 34.2 Å². The van der Waals surface area contributed by atoms with Gasteiger partial charge in [-0.2, -0.15) is 14.5 Å². The van der Waals surface area contributed by atoms with Gasteiger partial charge in [-0.15, -0.1) is 0 Å². The Morgan fingerprint density at radius 2 is 0.794 bits per heavy atom. The lowest BCUT2D eigenvalue weighted by molar-refractivity contribution is 0.346. The van der Waals surface area contributed by atoms with Crippen LogP contribution in [-0.4, -0.2) is 69.1 Å². The molecule has 63 heavy (non-hydrogen) atoms. The van der Waals surface area contributed by atoms with E-state index in [1.165, 1.54) is 21.5 Å². The van der Waals surface area contributed by atoms with Gasteiger partial charge in [0, 0.05) is 36.2 Å². The maximum absolute atomic E-state index is 13.5. The van der Waals surface area contributed by atoms with Crippen molar-refractivity contribution in [3.8, 4) is 23.0 Å². The molecule has 6 rings (SSSR count). The number of aromatic nitrogens is 4. The Labute approximate surface area is 378 Å². The first kappa shape index (κ1) is 50.3. The number of ether oxygens (including phenoxy) is 4.